The van der Waals surface area contributed by atoms with E-state index in [1.165, 1.54) is 11.8 Å². The molecule has 7 nitrogen and oxygen atoms in total. The van der Waals surface area contributed by atoms with E-state index in [-0.39, 0.29) is 5.78 Å². The molecule has 1 unspecified atom stereocenters. The summed E-state index contributed by atoms with van der Waals surface area (Å²) in [5, 5.41) is 9.65. The molecule has 9 heteroatoms. The summed E-state index contributed by atoms with van der Waals surface area (Å²) in [5.74, 6) is 2.66. The highest BCUT2D eigenvalue weighted by molar-refractivity contribution is 8.00. The molecule has 0 aliphatic heterocycles. The van der Waals surface area contributed by atoms with Crippen molar-refractivity contribution in [2.75, 3.05) is 21.3 Å². The van der Waals surface area contributed by atoms with Crippen molar-refractivity contribution in [1.29, 1.82) is 0 Å². The fraction of sp³-hybridized carbons (Fsp3) is 0.129. The molecular formula is C31H26ClN3O4S. The van der Waals surface area contributed by atoms with Gasteiger partial charge in [-0.25, -0.2) is 0 Å². The van der Waals surface area contributed by atoms with Gasteiger partial charge in [-0.15, -0.1) is 10.2 Å². The van der Waals surface area contributed by atoms with Crippen LogP contribution in [0.2, 0.25) is 5.02 Å². The van der Waals surface area contributed by atoms with Gasteiger partial charge >= 0.3 is 0 Å². The van der Waals surface area contributed by atoms with Gasteiger partial charge in [0.1, 0.15) is 22.5 Å². The summed E-state index contributed by atoms with van der Waals surface area (Å²) in [6, 6.07) is 29.6. The third kappa shape index (κ3) is 5.83. The molecule has 40 heavy (non-hydrogen) atoms. The maximum Gasteiger partial charge on any atom is 0.197 e. The molecule has 1 atom stereocenters. The molecule has 5 aromatic rings. The van der Waals surface area contributed by atoms with Crippen molar-refractivity contribution in [3.63, 3.8) is 0 Å². The number of ether oxygens (including phenoxy) is 3. The highest BCUT2D eigenvalue weighted by Crippen LogP contribution is 2.40. The summed E-state index contributed by atoms with van der Waals surface area (Å²) >= 11 is 7.48. The molecule has 0 spiro atoms. The van der Waals surface area contributed by atoms with Crippen LogP contribution in [0.5, 0.6) is 17.2 Å². The molecule has 5 rings (SSSR count). The number of carbonyl (C=O) groups excluding carboxylic acids is 1. The predicted molar refractivity (Wildman–Crippen MR) is 157 cm³/mol. The summed E-state index contributed by atoms with van der Waals surface area (Å²) in [4.78, 5) is 14.0. The molecule has 0 aliphatic carbocycles. The molecule has 0 amide bonds. The summed E-state index contributed by atoms with van der Waals surface area (Å²) < 4.78 is 17.9. The second-order valence-electron chi connectivity index (χ2n) is 8.71. The summed E-state index contributed by atoms with van der Waals surface area (Å²) in [7, 11) is 4.83. The Hall–Kier alpha value is -4.27. The first-order valence-corrected chi connectivity index (χ1v) is 13.6. The zero-order valence-electron chi connectivity index (χ0n) is 22.1. The number of ketones is 1. The standard InChI is InChI=1S/C31H26ClN3O4S/c1-37-25-14-6-20(7-15-25)28(36)29(21-8-16-26(38-2)17-9-21)40-31-34-33-30(22-4-10-23(32)11-5-22)35(31)24-12-18-27(39-3)19-13-24/h4-19,29H,1-3H3. The quantitative estimate of drug-likeness (QED) is 0.128. The fourth-order valence-corrected chi connectivity index (χ4v) is 5.42. The molecule has 202 valence electrons. The van der Waals surface area contributed by atoms with Crippen molar-refractivity contribution in [1.82, 2.24) is 14.8 Å². The molecule has 4 aromatic carbocycles. The van der Waals surface area contributed by atoms with Crippen molar-refractivity contribution < 1.29 is 19.0 Å². The number of hydrogen-bond acceptors (Lipinski definition) is 7. The Labute approximate surface area is 241 Å². The topological polar surface area (TPSA) is 75.5 Å². The van der Waals surface area contributed by atoms with Gasteiger partial charge in [0.2, 0.25) is 0 Å². The number of halogens is 1. The number of carbonyl (C=O) groups is 1. The number of Topliss-reactive ketones (excluding diaryl/α,β-unsaturated/α-hetero) is 1. The molecule has 0 aliphatic rings. The van der Waals surface area contributed by atoms with Gasteiger partial charge in [-0.2, -0.15) is 0 Å². The molecule has 0 saturated carbocycles. The maximum atomic E-state index is 14.0. The first-order valence-electron chi connectivity index (χ1n) is 12.4. The average molecular weight is 572 g/mol. The van der Waals surface area contributed by atoms with Gasteiger partial charge in [-0.05, 0) is 90.5 Å². The third-order valence-electron chi connectivity index (χ3n) is 6.32. The summed E-state index contributed by atoms with van der Waals surface area (Å²) in [6.45, 7) is 0. The highest BCUT2D eigenvalue weighted by Gasteiger charge is 2.28. The van der Waals surface area contributed by atoms with Crippen LogP contribution in [0.4, 0.5) is 0 Å². The van der Waals surface area contributed by atoms with Crippen molar-refractivity contribution in [3.05, 3.63) is 113 Å². The van der Waals surface area contributed by atoms with Gasteiger partial charge in [0.15, 0.2) is 16.8 Å². The monoisotopic (exact) mass is 571 g/mol. The van der Waals surface area contributed by atoms with Gasteiger partial charge in [0.05, 0.1) is 21.3 Å². The largest absolute Gasteiger partial charge is 0.497 e. The average Bonchev–Trinajstić information content (AvgIpc) is 3.43. The first kappa shape index (κ1) is 27.3. The Morgan fingerprint density at radius 2 is 1.25 bits per heavy atom. The van der Waals surface area contributed by atoms with Gasteiger partial charge < -0.3 is 14.2 Å². The third-order valence-corrected chi connectivity index (χ3v) is 7.77. The lowest BCUT2D eigenvalue weighted by Crippen LogP contribution is -2.11. The van der Waals surface area contributed by atoms with Crippen LogP contribution in [0.3, 0.4) is 0 Å². The van der Waals surface area contributed by atoms with Gasteiger partial charge in [0.25, 0.3) is 0 Å². The van der Waals surface area contributed by atoms with E-state index in [1.54, 1.807) is 45.6 Å². The number of hydrogen-bond donors (Lipinski definition) is 0. The molecule has 0 N–H and O–H groups in total. The molecule has 1 aromatic heterocycles. The zero-order chi connectivity index (χ0) is 28.1. The Kier molecular flexibility index (Phi) is 8.38. The number of rotatable bonds is 10. The molecule has 0 bridgehead atoms. The normalized spacial score (nSPS) is 11.6. The molecule has 0 fully saturated rings. The van der Waals surface area contributed by atoms with E-state index in [2.05, 4.69) is 10.2 Å². The van der Waals surface area contributed by atoms with Crippen molar-refractivity contribution in [2.45, 2.75) is 10.4 Å². The Morgan fingerprint density at radius 1 is 0.725 bits per heavy atom. The maximum absolute atomic E-state index is 14.0. The zero-order valence-corrected chi connectivity index (χ0v) is 23.6. The highest BCUT2D eigenvalue weighted by atomic mass is 35.5. The Balaban J connectivity index is 1.61. The molecule has 1 heterocycles. The second kappa shape index (κ2) is 12.3. The fourth-order valence-electron chi connectivity index (χ4n) is 4.16. The molecule has 0 saturated heterocycles. The second-order valence-corrected chi connectivity index (χ2v) is 10.2. The Bertz CT molecular complexity index is 1590. The van der Waals surface area contributed by atoms with E-state index in [0.29, 0.717) is 33.1 Å². The van der Waals surface area contributed by atoms with Crippen molar-refractivity contribution in [3.8, 4) is 34.3 Å². The summed E-state index contributed by atoms with van der Waals surface area (Å²) in [6.07, 6.45) is 0. The van der Waals surface area contributed by atoms with Crippen LogP contribution < -0.4 is 14.2 Å². The molecule has 0 radical (unpaired) electrons. The van der Waals surface area contributed by atoms with Crippen molar-refractivity contribution >= 4 is 29.1 Å². The van der Waals surface area contributed by atoms with Crippen LogP contribution in [0.1, 0.15) is 21.2 Å². The van der Waals surface area contributed by atoms with E-state index in [9.17, 15) is 4.79 Å². The lowest BCUT2D eigenvalue weighted by atomic mass is 10.0. The van der Waals surface area contributed by atoms with Crippen LogP contribution in [-0.4, -0.2) is 41.9 Å². The number of benzene rings is 4. The predicted octanol–water partition coefficient (Wildman–Crippen LogP) is 7.33. The van der Waals surface area contributed by atoms with E-state index in [1.807, 2.05) is 77.4 Å². The minimum atomic E-state index is -0.612. The van der Waals surface area contributed by atoms with Crippen LogP contribution in [0.15, 0.2) is 102 Å². The van der Waals surface area contributed by atoms with Crippen LogP contribution in [0, 0.1) is 0 Å². The lowest BCUT2D eigenvalue weighted by Gasteiger charge is -2.18. The SMILES string of the molecule is COc1ccc(C(=O)C(Sc2nnc(-c3ccc(Cl)cc3)n2-c2ccc(OC)cc2)c2ccc(OC)cc2)cc1. The van der Waals surface area contributed by atoms with Crippen molar-refractivity contribution in [2.24, 2.45) is 0 Å². The van der Waals surface area contributed by atoms with E-state index in [0.717, 1.165) is 22.6 Å². The van der Waals surface area contributed by atoms with Crippen LogP contribution in [0.25, 0.3) is 17.1 Å². The van der Waals surface area contributed by atoms with E-state index >= 15 is 0 Å². The van der Waals surface area contributed by atoms with E-state index in [4.69, 9.17) is 25.8 Å². The van der Waals surface area contributed by atoms with Crippen LogP contribution >= 0.6 is 23.4 Å². The minimum absolute atomic E-state index is 0.0739. The van der Waals surface area contributed by atoms with Crippen LogP contribution in [-0.2, 0) is 0 Å². The number of methoxy groups -OCH3 is 3. The smallest absolute Gasteiger partial charge is 0.197 e. The number of aromatic nitrogens is 3. The molecular weight excluding hydrogens is 546 g/mol. The first-order chi connectivity index (χ1) is 19.5. The van der Waals surface area contributed by atoms with Gasteiger partial charge in [-0.1, -0.05) is 35.5 Å². The summed E-state index contributed by atoms with van der Waals surface area (Å²) in [5.41, 5.74) is 3.03. The van der Waals surface area contributed by atoms with Gasteiger partial charge in [0, 0.05) is 21.8 Å². The van der Waals surface area contributed by atoms with Gasteiger partial charge in [-0.3, -0.25) is 9.36 Å². The lowest BCUT2D eigenvalue weighted by molar-refractivity contribution is 0.0989. The Morgan fingerprint density at radius 3 is 1.80 bits per heavy atom. The van der Waals surface area contributed by atoms with E-state index < -0.39 is 5.25 Å². The number of thioether (sulfide) groups is 1. The number of nitrogens with zero attached hydrogens (tertiary/aromatic N) is 3. The minimum Gasteiger partial charge on any atom is -0.497 e.